The van der Waals surface area contributed by atoms with Crippen molar-refractivity contribution in [3.8, 4) is 0 Å². The smallest absolute Gasteiger partial charge is 0.307 e. The fourth-order valence-electron chi connectivity index (χ4n) is 2.43. The lowest BCUT2D eigenvalue weighted by atomic mass is 9.98. The zero-order chi connectivity index (χ0) is 13.5. The molecule has 0 saturated carbocycles. The van der Waals surface area contributed by atoms with E-state index in [1.165, 1.54) is 0 Å². The van der Waals surface area contributed by atoms with Crippen LogP contribution in [0.5, 0.6) is 0 Å². The number of hydrogen-bond donors (Lipinski definition) is 2. The number of piperidine rings is 1. The van der Waals surface area contributed by atoms with Gasteiger partial charge in [0.1, 0.15) is 0 Å². The minimum atomic E-state index is -0.751. The van der Waals surface area contributed by atoms with Gasteiger partial charge in [-0.1, -0.05) is 13.3 Å². The van der Waals surface area contributed by atoms with Gasteiger partial charge in [0.15, 0.2) is 0 Å². The van der Waals surface area contributed by atoms with Crippen molar-refractivity contribution in [2.75, 3.05) is 19.6 Å². The third-order valence-electron chi connectivity index (χ3n) is 3.35. The van der Waals surface area contributed by atoms with Crippen LogP contribution in [0.15, 0.2) is 0 Å². The summed E-state index contributed by atoms with van der Waals surface area (Å²) in [6.45, 7) is 5.71. The largest absolute Gasteiger partial charge is 0.481 e. The van der Waals surface area contributed by atoms with Gasteiger partial charge in [-0.2, -0.15) is 0 Å². The Morgan fingerprint density at radius 2 is 2.22 bits per heavy atom. The molecule has 104 valence electrons. The second kappa shape index (κ2) is 7.36. The van der Waals surface area contributed by atoms with Gasteiger partial charge in [0.2, 0.25) is 5.91 Å². The Balaban J connectivity index is 2.33. The molecule has 5 nitrogen and oxygen atoms in total. The zero-order valence-electron chi connectivity index (χ0n) is 11.3. The average molecular weight is 256 g/mol. The van der Waals surface area contributed by atoms with Crippen molar-refractivity contribution in [1.29, 1.82) is 0 Å². The van der Waals surface area contributed by atoms with Crippen molar-refractivity contribution < 1.29 is 14.7 Å². The fourth-order valence-corrected chi connectivity index (χ4v) is 2.43. The number of carbonyl (C=O) groups excluding carboxylic acids is 1. The maximum absolute atomic E-state index is 11.8. The molecule has 2 unspecified atom stereocenters. The second-order valence-electron chi connectivity index (χ2n) is 5.17. The standard InChI is InChI=1S/C13H24N2O3/c1-3-5-10(2)14-12(16)9-15-7-4-6-11(8-15)13(17)18/h10-11H,3-9H2,1-2H3,(H,14,16)(H,17,18). The lowest BCUT2D eigenvalue weighted by Gasteiger charge is -2.30. The van der Waals surface area contributed by atoms with Gasteiger partial charge >= 0.3 is 5.97 Å². The molecule has 5 heteroatoms. The molecule has 0 aromatic rings. The van der Waals surface area contributed by atoms with Gasteiger partial charge in [0.05, 0.1) is 12.5 Å². The van der Waals surface area contributed by atoms with Crippen LogP contribution in [0.25, 0.3) is 0 Å². The maximum atomic E-state index is 11.8. The Kier molecular flexibility index (Phi) is 6.12. The Morgan fingerprint density at radius 1 is 1.50 bits per heavy atom. The number of amides is 1. The van der Waals surface area contributed by atoms with Gasteiger partial charge in [-0.15, -0.1) is 0 Å². The summed E-state index contributed by atoms with van der Waals surface area (Å²) in [6.07, 6.45) is 3.60. The highest BCUT2D eigenvalue weighted by atomic mass is 16.4. The molecule has 0 aliphatic carbocycles. The van der Waals surface area contributed by atoms with Crippen LogP contribution in [-0.2, 0) is 9.59 Å². The first-order chi connectivity index (χ1) is 8.52. The predicted molar refractivity (Wildman–Crippen MR) is 69.3 cm³/mol. The number of rotatable bonds is 6. The first-order valence-corrected chi connectivity index (χ1v) is 6.77. The van der Waals surface area contributed by atoms with E-state index in [0.717, 1.165) is 32.2 Å². The summed E-state index contributed by atoms with van der Waals surface area (Å²) >= 11 is 0. The Labute approximate surface area is 109 Å². The summed E-state index contributed by atoms with van der Waals surface area (Å²) in [7, 11) is 0. The lowest BCUT2D eigenvalue weighted by Crippen LogP contribution is -2.45. The number of carboxylic acid groups (broad SMARTS) is 1. The van der Waals surface area contributed by atoms with Crippen LogP contribution in [0.1, 0.15) is 39.5 Å². The summed E-state index contributed by atoms with van der Waals surface area (Å²) in [6, 6.07) is 0.197. The molecule has 0 aromatic heterocycles. The highest BCUT2D eigenvalue weighted by molar-refractivity contribution is 5.78. The minimum absolute atomic E-state index is 0.00184. The number of aliphatic carboxylic acids is 1. The number of carbonyl (C=O) groups is 2. The fraction of sp³-hybridized carbons (Fsp3) is 0.846. The highest BCUT2D eigenvalue weighted by Gasteiger charge is 2.26. The van der Waals surface area contributed by atoms with Gasteiger partial charge in [-0.3, -0.25) is 14.5 Å². The monoisotopic (exact) mass is 256 g/mol. The van der Waals surface area contributed by atoms with E-state index < -0.39 is 5.97 Å². The SMILES string of the molecule is CCCC(C)NC(=O)CN1CCCC(C(=O)O)C1. The quantitative estimate of drug-likeness (QED) is 0.746. The van der Waals surface area contributed by atoms with Crippen LogP contribution in [0.2, 0.25) is 0 Å². The maximum Gasteiger partial charge on any atom is 0.307 e. The first-order valence-electron chi connectivity index (χ1n) is 6.77. The predicted octanol–water partition coefficient (Wildman–Crippen LogP) is 1.09. The van der Waals surface area contributed by atoms with E-state index >= 15 is 0 Å². The van der Waals surface area contributed by atoms with E-state index in [9.17, 15) is 9.59 Å². The molecule has 1 aliphatic heterocycles. The Bertz CT molecular complexity index is 294. The summed E-state index contributed by atoms with van der Waals surface area (Å²) in [5, 5.41) is 11.9. The molecule has 1 aliphatic rings. The van der Waals surface area contributed by atoms with E-state index in [2.05, 4.69) is 12.2 Å². The molecule has 0 radical (unpaired) electrons. The van der Waals surface area contributed by atoms with Crippen molar-refractivity contribution in [3.63, 3.8) is 0 Å². The number of hydrogen-bond acceptors (Lipinski definition) is 3. The summed E-state index contributed by atoms with van der Waals surface area (Å²) in [4.78, 5) is 24.6. The van der Waals surface area contributed by atoms with E-state index in [1.54, 1.807) is 0 Å². The molecule has 1 saturated heterocycles. The highest BCUT2D eigenvalue weighted by Crippen LogP contribution is 2.16. The van der Waals surface area contributed by atoms with Crippen LogP contribution in [0.3, 0.4) is 0 Å². The average Bonchev–Trinajstić information content (AvgIpc) is 2.29. The van der Waals surface area contributed by atoms with Gasteiger partial charge in [0, 0.05) is 12.6 Å². The van der Waals surface area contributed by atoms with Gasteiger partial charge in [0.25, 0.3) is 0 Å². The second-order valence-corrected chi connectivity index (χ2v) is 5.17. The van der Waals surface area contributed by atoms with Crippen LogP contribution < -0.4 is 5.32 Å². The van der Waals surface area contributed by atoms with Crippen LogP contribution in [-0.4, -0.2) is 47.6 Å². The minimum Gasteiger partial charge on any atom is -0.481 e. The van der Waals surface area contributed by atoms with E-state index in [0.29, 0.717) is 13.1 Å². The molecule has 2 atom stereocenters. The molecule has 2 N–H and O–H groups in total. The number of likely N-dealkylation sites (tertiary alicyclic amines) is 1. The Morgan fingerprint density at radius 3 is 2.83 bits per heavy atom. The lowest BCUT2D eigenvalue weighted by molar-refractivity contribution is -0.144. The third-order valence-corrected chi connectivity index (χ3v) is 3.35. The summed E-state index contributed by atoms with van der Waals surface area (Å²) in [5.74, 6) is -1.07. The number of nitrogens with zero attached hydrogens (tertiary/aromatic N) is 1. The normalized spacial score (nSPS) is 22.4. The van der Waals surface area contributed by atoms with Gasteiger partial charge in [-0.05, 0) is 32.7 Å². The third kappa shape index (κ3) is 5.04. The van der Waals surface area contributed by atoms with Crippen molar-refractivity contribution >= 4 is 11.9 Å². The molecule has 18 heavy (non-hydrogen) atoms. The molecular weight excluding hydrogens is 232 g/mol. The Hall–Kier alpha value is -1.10. The number of carboxylic acids is 1. The summed E-state index contributed by atoms with van der Waals surface area (Å²) < 4.78 is 0. The van der Waals surface area contributed by atoms with E-state index in [1.807, 2.05) is 11.8 Å². The zero-order valence-corrected chi connectivity index (χ0v) is 11.3. The molecule has 0 spiro atoms. The van der Waals surface area contributed by atoms with Gasteiger partial charge in [-0.25, -0.2) is 0 Å². The van der Waals surface area contributed by atoms with Crippen LogP contribution in [0.4, 0.5) is 0 Å². The van der Waals surface area contributed by atoms with E-state index in [-0.39, 0.29) is 17.9 Å². The van der Waals surface area contributed by atoms with Crippen molar-refractivity contribution in [2.45, 2.75) is 45.6 Å². The van der Waals surface area contributed by atoms with E-state index in [4.69, 9.17) is 5.11 Å². The van der Waals surface area contributed by atoms with Crippen molar-refractivity contribution in [3.05, 3.63) is 0 Å². The molecule has 1 fully saturated rings. The van der Waals surface area contributed by atoms with Crippen molar-refractivity contribution in [1.82, 2.24) is 10.2 Å². The van der Waals surface area contributed by atoms with Crippen LogP contribution in [0, 0.1) is 5.92 Å². The first kappa shape index (κ1) is 15.0. The van der Waals surface area contributed by atoms with Gasteiger partial charge < -0.3 is 10.4 Å². The molecule has 0 aromatic carbocycles. The summed E-state index contributed by atoms with van der Waals surface area (Å²) in [5.41, 5.74) is 0. The van der Waals surface area contributed by atoms with Crippen molar-refractivity contribution in [2.24, 2.45) is 5.92 Å². The topological polar surface area (TPSA) is 69.6 Å². The molecule has 1 rings (SSSR count). The molecular formula is C13H24N2O3. The number of nitrogens with one attached hydrogen (secondary N) is 1. The molecule has 0 bridgehead atoms. The van der Waals surface area contributed by atoms with Crippen LogP contribution >= 0.6 is 0 Å². The molecule has 1 amide bonds. The molecule has 1 heterocycles.